The lowest BCUT2D eigenvalue weighted by molar-refractivity contribution is 0.0544. The average molecular weight is 398 g/mol. The summed E-state index contributed by atoms with van der Waals surface area (Å²) in [6.45, 7) is 9.59. The minimum absolute atomic E-state index is 0.443. The van der Waals surface area contributed by atoms with Crippen LogP contribution in [0.1, 0.15) is 37.5 Å². The van der Waals surface area contributed by atoms with Gasteiger partial charge in [0, 0.05) is 22.2 Å². The van der Waals surface area contributed by atoms with Gasteiger partial charge in [-0.1, -0.05) is 29.3 Å². The van der Waals surface area contributed by atoms with E-state index < -0.39 is 11.7 Å². The van der Waals surface area contributed by atoms with E-state index in [4.69, 9.17) is 16.3 Å². The fraction of sp³-hybridized carbons (Fsp3) is 0.273. The van der Waals surface area contributed by atoms with Crippen LogP contribution in [0.25, 0.3) is 10.9 Å². The molecule has 5 nitrogen and oxygen atoms in total. The van der Waals surface area contributed by atoms with Crippen LogP contribution in [0.4, 0.5) is 10.5 Å². The molecule has 6 heteroatoms. The summed E-state index contributed by atoms with van der Waals surface area (Å²) in [7, 11) is 0. The van der Waals surface area contributed by atoms with Crippen molar-refractivity contribution in [2.45, 2.75) is 40.2 Å². The lowest BCUT2D eigenvalue weighted by Crippen LogP contribution is -2.26. The number of hydrogen-bond donors (Lipinski definition) is 1. The Morgan fingerprint density at radius 2 is 1.93 bits per heavy atom. The second kappa shape index (κ2) is 7.68. The highest BCUT2D eigenvalue weighted by Gasteiger charge is 2.20. The molecule has 0 atom stereocenters. The van der Waals surface area contributed by atoms with Gasteiger partial charge in [0.2, 0.25) is 0 Å². The van der Waals surface area contributed by atoms with Crippen LogP contribution < -0.4 is 5.43 Å². The molecular formula is C22H24ClN3O2. The highest BCUT2D eigenvalue weighted by Crippen LogP contribution is 2.25. The third-order valence-corrected chi connectivity index (χ3v) is 4.39. The van der Waals surface area contributed by atoms with Crippen LogP contribution >= 0.6 is 11.6 Å². The molecule has 0 bridgehead atoms. The predicted molar refractivity (Wildman–Crippen MR) is 116 cm³/mol. The molecule has 0 fully saturated rings. The molecule has 0 radical (unpaired) electrons. The SMILES string of the molecule is Cc1ccc(N/N=C/c2cn(C(=O)OC(C)(C)C)c3ccc(Cl)cc23)c(C)c1. The van der Waals surface area contributed by atoms with Gasteiger partial charge in [-0.25, -0.2) is 4.79 Å². The Bertz CT molecular complexity index is 1060. The summed E-state index contributed by atoms with van der Waals surface area (Å²) in [5.41, 5.74) is 7.18. The quantitative estimate of drug-likeness (QED) is 0.426. The zero-order valence-corrected chi connectivity index (χ0v) is 17.5. The van der Waals surface area contributed by atoms with E-state index in [2.05, 4.69) is 23.5 Å². The number of nitrogens with zero attached hydrogens (tertiary/aromatic N) is 2. The van der Waals surface area contributed by atoms with E-state index in [0.717, 1.165) is 22.2 Å². The van der Waals surface area contributed by atoms with E-state index in [0.29, 0.717) is 10.5 Å². The fourth-order valence-corrected chi connectivity index (χ4v) is 3.08. The molecule has 0 spiro atoms. The Kier molecular flexibility index (Phi) is 5.47. The van der Waals surface area contributed by atoms with Crippen LogP contribution in [0.5, 0.6) is 0 Å². The average Bonchev–Trinajstić information content (AvgIpc) is 2.93. The van der Waals surface area contributed by atoms with Crippen molar-refractivity contribution in [3.63, 3.8) is 0 Å². The van der Waals surface area contributed by atoms with Gasteiger partial charge in [-0.15, -0.1) is 0 Å². The molecule has 3 aromatic rings. The largest absolute Gasteiger partial charge is 0.443 e. The Hall–Kier alpha value is -2.79. The summed E-state index contributed by atoms with van der Waals surface area (Å²) < 4.78 is 6.99. The van der Waals surface area contributed by atoms with E-state index in [1.165, 1.54) is 10.1 Å². The first-order valence-corrected chi connectivity index (χ1v) is 9.42. The van der Waals surface area contributed by atoms with E-state index in [9.17, 15) is 4.79 Å². The van der Waals surface area contributed by atoms with Crippen molar-refractivity contribution in [3.05, 3.63) is 64.3 Å². The van der Waals surface area contributed by atoms with Crippen molar-refractivity contribution in [1.82, 2.24) is 4.57 Å². The van der Waals surface area contributed by atoms with Gasteiger partial charge in [0.15, 0.2) is 0 Å². The Morgan fingerprint density at radius 3 is 2.61 bits per heavy atom. The molecule has 28 heavy (non-hydrogen) atoms. The van der Waals surface area contributed by atoms with Gasteiger partial charge < -0.3 is 4.74 Å². The number of carbonyl (C=O) groups is 1. The Labute approximate surface area is 170 Å². The zero-order valence-electron chi connectivity index (χ0n) is 16.7. The van der Waals surface area contributed by atoms with Crippen molar-refractivity contribution in [3.8, 4) is 0 Å². The number of rotatable bonds is 3. The number of nitrogens with one attached hydrogen (secondary N) is 1. The maximum Gasteiger partial charge on any atom is 0.419 e. The van der Waals surface area contributed by atoms with Crippen molar-refractivity contribution in [1.29, 1.82) is 0 Å². The molecule has 1 aromatic heterocycles. The van der Waals surface area contributed by atoms with Crippen LogP contribution in [0.15, 0.2) is 47.7 Å². The van der Waals surface area contributed by atoms with Crippen LogP contribution in [-0.4, -0.2) is 22.5 Å². The first-order chi connectivity index (χ1) is 13.1. The highest BCUT2D eigenvalue weighted by atomic mass is 35.5. The molecule has 3 rings (SSSR count). The summed E-state index contributed by atoms with van der Waals surface area (Å²) in [6.07, 6.45) is 2.95. The Balaban J connectivity index is 1.94. The molecule has 0 saturated carbocycles. The fourth-order valence-electron chi connectivity index (χ4n) is 2.90. The number of ether oxygens (including phenoxy) is 1. The van der Waals surface area contributed by atoms with Gasteiger partial charge in [0.1, 0.15) is 5.60 Å². The highest BCUT2D eigenvalue weighted by molar-refractivity contribution is 6.31. The third-order valence-electron chi connectivity index (χ3n) is 4.16. The molecule has 0 aliphatic heterocycles. The number of aromatic nitrogens is 1. The normalized spacial score (nSPS) is 11.9. The van der Waals surface area contributed by atoms with Crippen molar-refractivity contribution < 1.29 is 9.53 Å². The van der Waals surface area contributed by atoms with Crippen LogP contribution in [0.2, 0.25) is 5.02 Å². The maximum atomic E-state index is 12.6. The van der Waals surface area contributed by atoms with E-state index in [-0.39, 0.29) is 0 Å². The second-order valence-corrected chi connectivity index (χ2v) is 8.22. The van der Waals surface area contributed by atoms with Gasteiger partial charge >= 0.3 is 6.09 Å². The summed E-state index contributed by atoms with van der Waals surface area (Å²) >= 11 is 6.17. The molecule has 0 unspecified atom stereocenters. The molecule has 1 heterocycles. The molecule has 0 aliphatic rings. The smallest absolute Gasteiger partial charge is 0.419 e. The van der Waals surface area contributed by atoms with Gasteiger partial charge in [-0.3, -0.25) is 9.99 Å². The molecule has 1 N–H and O–H groups in total. The number of hydrogen-bond acceptors (Lipinski definition) is 4. The van der Waals surface area contributed by atoms with Crippen molar-refractivity contribution in [2.24, 2.45) is 5.10 Å². The minimum atomic E-state index is -0.584. The number of aryl methyl sites for hydroxylation is 2. The van der Waals surface area contributed by atoms with Gasteiger partial charge in [0.25, 0.3) is 0 Å². The Morgan fingerprint density at radius 1 is 1.18 bits per heavy atom. The molecular weight excluding hydrogens is 374 g/mol. The molecule has 2 aromatic carbocycles. The number of anilines is 1. The van der Waals surface area contributed by atoms with Gasteiger partial charge in [0.05, 0.1) is 17.4 Å². The minimum Gasteiger partial charge on any atom is -0.443 e. The van der Waals surface area contributed by atoms with Crippen LogP contribution in [-0.2, 0) is 4.74 Å². The maximum absolute atomic E-state index is 12.6. The number of carbonyl (C=O) groups excluding carboxylic acids is 1. The monoisotopic (exact) mass is 397 g/mol. The number of benzene rings is 2. The first kappa shape index (κ1) is 20.0. The number of halogens is 1. The van der Waals surface area contributed by atoms with E-state index in [1.807, 2.05) is 45.9 Å². The van der Waals surface area contributed by atoms with Crippen molar-refractivity contribution >= 4 is 40.5 Å². The molecule has 146 valence electrons. The van der Waals surface area contributed by atoms with Crippen molar-refractivity contribution in [2.75, 3.05) is 5.43 Å². The molecule has 0 amide bonds. The summed E-state index contributed by atoms with van der Waals surface area (Å²) in [6, 6.07) is 11.5. The third kappa shape index (κ3) is 4.54. The first-order valence-electron chi connectivity index (χ1n) is 9.04. The lowest BCUT2D eigenvalue weighted by Gasteiger charge is -2.19. The predicted octanol–water partition coefficient (Wildman–Crippen LogP) is 6.14. The standard InChI is InChI=1S/C22H24ClN3O2/c1-14-6-8-19(15(2)10-14)25-24-12-16-13-26(21(27)28-22(3,4)5)20-9-7-17(23)11-18(16)20/h6-13,25H,1-5H3/b24-12+. The van der Waals surface area contributed by atoms with Crippen LogP contribution in [0, 0.1) is 13.8 Å². The van der Waals surface area contributed by atoms with E-state index in [1.54, 1.807) is 24.5 Å². The summed E-state index contributed by atoms with van der Waals surface area (Å²) in [4.78, 5) is 12.6. The topological polar surface area (TPSA) is 55.6 Å². The van der Waals surface area contributed by atoms with Gasteiger partial charge in [-0.05, 0) is 64.4 Å². The molecule has 0 saturated heterocycles. The number of fused-ring (bicyclic) bond motifs is 1. The van der Waals surface area contributed by atoms with E-state index >= 15 is 0 Å². The second-order valence-electron chi connectivity index (χ2n) is 7.78. The lowest BCUT2D eigenvalue weighted by atomic mass is 10.1. The summed E-state index contributed by atoms with van der Waals surface area (Å²) in [5.74, 6) is 0. The summed E-state index contributed by atoms with van der Waals surface area (Å²) in [5, 5.41) is 5.76. The molecule has 0 aliphatic carbocycles. The van der Waals surface area contributed by atoms with Gasteiger partial charge in [-0.2, -0.15) is 5.10 Å². The number of hydrazone groups is 1. The van der Waals surface area contributed by atoms with Crippen LogP contribution in [0.3, 0.4) is 0 Å². The zero-order chi connectivity index (χ0) is 20.5.